The van der Waals surface area contributed by atoms with Crippen LogP contribution < -0.4 is 10.0 Å². The summed E-state index contributed by atoms with van der Waals surface area (Å²) < 4.78 is 32.6. The Kier molecular flexibility index (Phi) is 4.79. The number of aryl methyl sites for hydroxylation is 1. The van der Waals surface area contributed by atoms with Gasteiger partial charge in [0.25, 0.3) is 5.91 Å². The van der Waals surface area contributed by atoms with E-state index < -0.39 is 15.6 Å². The number of sulfonamides is 1. The first-order valence-electron chi connectivity index (χ1n) is 8.36. The molecule has 0 unspecified atom stereocenters. The molecule has 0 radical (unpaired) electrons. The first-order chi connectivity index (χ1) is 12.5. The normalized spacial score (nSPS) is 12.3. The van der Waals surface area contributed by atoms with Gasteiger partial charge in [0.05, 0.1) is 4.90 Å². The fourth-order valence-electron chi connectivity index (χ4n) is 2.57. The maximum atomic E-state index is 12.4. The SMILES string of the molecule is Cc1nc2cc(NC(=O)c3ccc(S(=O)(=O)NC(C)(C)C)cc3)ccc2o1. The second kappa shape index (κ2) is 6.79. The van der Waals surface area contributed by atoms with Gasteiger partial charge in [-0.05, 0) is 63.2 Å². The number of fused-ring (bicyclic) bond motifs is 1. The molecule has 0 saturated heterocycles. The van der Waals surface area contributed by atoms with Crippen molar-refractivity contribution in [2.75, 3.05) is 5.32 Å². The van der Waals surface area contributed by atoms with Crippen LogP contribution in [0.1, 0.15) is 37.0 Å². The summed E-state index contributed by atoms with van der Waals surface area (Å²) in [5, 5.41) is 2.77. The molecule has 142 valence electrons. The van der Waals surface area contributed by atoms with Crippen molar-refractivity contribution in [3.8, 4) is 0 Å². The zero-order valence-corrected chi connectivity index (χ0v) is 16.3. The first-order valence-corrected chi connectivity index (χ1v) is 9.84. The minimum Gasteiger partial charge on any atom is -0.441 e. The average molecular weight is 387 g/mol. The lowest BCUT2D eigenvalue weighted by molar-refractivity contribution is 0.102. The van der Waals surface area contributed by atoms with Crippen molar-refractivity contribution in [1.82, 2.24) is 9.71 Å². The van der Waals surface area contributed by atoms with E-state index in [9.17, 15) is 13.2 Å². The number of hydrogen-bond acceptors (Lipinski definition) is 5. The van der Waals surface area contributed by atoms with Crippen LogP contribution in [0.2, 0.25) is 0 Å². The van der Waals surface area contributed by atoms with Gasteiger partial charge in [0.1, 0.15) is 5.52 Å². The van der Waals surface area contributed by atoms with Crippen LogP contribution in [0.15, 0.2) is 51.8 Å². The Morgan fingerprint density at radius 2 is 1.74 bits per heavy atom. The standard InChI is InChI=1S/C19H21N3O4S/c1-12-20-16-11-14(7-10-17(16)26-12)21-18(23)13-5-8-15(9-6-13)27(24,25)22-19(2,3)4/h5-11,22H,1-4H3,(H,21,23). The molecule has 27 heavy (non-hydrogen) atoms. The van der Waals surface area contributed by atoms with Crippen LogP contribution in [-0.2, 0) is 10.0 Å². The number of nitrogens with zero attached hydrogens (tertiary/aromatic N) is 1. The van der Waals surface area contributed by atoms with Crippen molar-refractivity contribution < 1.29 is 17.6 Å². The summed E-state index contributed by atoms with van der Waals surface area (Å²) in [6, 6.07) is 10.9. The Hall–Kier alpha value is -2.71. The summed E-state index contributed by atoms with van der Waals surface area (Å²) in [6.45, 7) is 7.04. The second-order valence-corrected chi connectivity index (χ2v) is 8.93. The molecule has 3 aromatic rings. The Balaban J connectivity index is 1.77. The van der Waals surface area contributed by atoms with E-state index in [1.807, 2.05) is 0 Å². The van der Waals surface area contributed by atoms with Crippen LogP contribution in [0, 0.1) is 6.92 Å². The Labute approximate surface area is 157 Å². The smallest absolute Gasteiger partial charge is 0.255 e. The Bertz CT molecular complexity index is 1090. The van der Waals surface area contributed by atoms with Crippen molar-refractivity contribution in [3.63, 3.8) is 0 Å². The number of amides is 1. The van der Waals surface area contributed by atoms with Crippen LogP contribution >= 0.6 is 0 Å². The van der Waals surface area contributed by atoms with Gasteiger partial charge in [-0.15, -0.1) is 0 Å². The number of aromatic nitrogens is 1. The predicted molar refractivity (Wildman–Crippen MR) is 103 cm³/mol. The van der Waals surface area contributed by atoms with E-state index in [4.69, 9.17) is 4.42 Å². The number of nitrogens with one attached hydrogen (secondary N) is 2. The molecule has 2 N–H and O–H groups in total. The summed E-state index contributed by atoms with van der Waals surface area (Å²) in [5.74, 6) is 0.205. The van der Waals surface area contributed by atoms with Crippen LogP contribution in [-0.4, -0.2) is 24.8 Å². The van der Waals surface area contributed by atoms with Crippen molar-refractivity contribution in [2.45, 2.75) is 38.1 Å². The van der Waals surface area contributed by atoms with Crippen LogP contribution in [0.3, 0.4) is 0 Å². The zero-order chi connectivity index (χ0) is 19.8. The third-order valence-electron chi connectivity index (χ3n) is 3.62. The van der Waals surface area contributed by atoms with Crippen LogP contribution in [0.4, 0.5) is 5.69 Å². The molecule has 0 spiro atoms. The highest BCUT2D eigenvalue weighted by Crippen LogP contribution is 2.20. The molecule has 0 aliphatic heterocycles. The lowest BCUT2D eigenvalue weighted by Crippen LogP contribution is -2.40. The fourth-order valence-corrected chi connectivity index (χ4v) is 3.99. The van der Waals surface area contributed by atoms with Gasteiger partial charge in [-0.1, -0.05) is 0 Å². The van der Waals surface area contributed by atoms with E-state index in [1.165, 1.54) is 24.3 Å². The lowest BCUT2D eigenvalue weighted by atomic mass is 10.1. The van der Waals surface area contributed by atoms with Crippen molar-refractivity contribution in [3.05, 3.63) is 53.9 Å². The first kappa shape index (κ1) is 19.1. The highest BCUT2D eigenvalue weighted by molar-refractivity contribution is 7.89. The third kappa shape index (κ3) is 4.53. The minimum absolute atomic E-state index is 0.105. The molecule has 1 amide bonds. The van der Waals surface area contributed by atoms with Crippen molar-refractivity contribution in [2.24, 2.45) is 0 Å². The number of anilines is 1. The third-order valence-corrected chi connectivity index (χ3v) is 5.39. The molecule has 0 bridgehead atoms. The quantitative estimate of drug-likeness (QED) is 0.714. The van der Waals surface area contributed by atoms with Crippen molar-refractivity contribution >= 4 is 32.7 Å². The van der Waals surface area contributed by atoms with Gasteiger partial charge in [0, 0.05) is 23.7 Å². The topological polar surface area (TPSA) is 101 Å². The lowest BCUT2D eigenvalue weighted by Gasteiger charge is -2.20. The molecule has 0 aliphatic rings. The van der Waals surface area contributed by atoms with E-state index in [-0.39, 0.29) is 10.8 Å². The van der Waals surface area contributed by atoms with Crippen LogP contribution in [0.5, 0.6) is 0 Å². The van der Waals surface area contributed by atoms with Crippen molar-refractivity contribution in [1.29, 1.82) is 0 Å². The summed E-state index contributed by atoms with van der Waals surface area (Å²) in [6.07, 6.45) is 0. The molecule has 7 nitrogen and oxygen atoms in total. The highest BCUT2D eigenvalue weighted by Gasteiger charge is 2.22. The summed E-state index contributed by atoms with van der Waals surface area (Å²) in [4.78, 5) is 16.8. The van der Waals surface area contributed by atoms with E-state index in [0.29, 0.717) is 28.2 Å². The molecule has 0 fully saturated rings. The maximum Gasteiger partial charge on any atom is 0.255 e. The highest BCUT2D eigenvalue weighted by atomic mass is 32.2. The van der Waals surface area contributed by atoms with Gasteiger partial charge in [-0.2, -0.15) is 0 Å². The number of oxazole rings is 1. The van der Waals surface area contributed by atoms with E-state index in [0.717, 1.165) is 0 Å². The second-order valence-electron chi connectivity index (χ2n) is 7.25. The van der Waals surface area contributed by atoms with E-state index in [1.54, 1.807) is 45.9 Å². The number of benzene rings is 2. The summed E-state index contributed by atoms with van der Waals surface area (Å²) in [7, 11) is -3.64. The Morgan fingerprint density at radius 3 is 2.37 bits per heavy atom. The molecule has 2 aromatic carbocycles. The van der Waals surface area contributed by atoms with Gasteiger partial charge >= 0.3 is 0 Å². The molecule has 3 rings (SSSR count). The molecular formula is C19H21N3O4S. The van der Waals surface area contributed by atoms with Gasteiger partial charge < -0.3 is 9.73 Å². The van der Waals surface area contributed by atoms with E-state index in [2.05, 4.69) is 15.0 Å². The minimum atomic E-state index is -3.64. The number of carbonyl (C=O) groups excluding carboxylic acids is 1. The predicted octanol–water partition coefficient (Wildman–Crippen LogP) is 3.47. The fraction of sp³-hybridized carbons (Fsp3) is 0.263. The molecule has 1 aromatic heterocycles. The maximum absolute atomic E-state index is 12.4. The monoisotopic (exact) mass is 387 g/mol. The summed E-state index contributed by atoms with van der Waals surface area (Å²) in [5.41, 5.74) is 1.63. The van der Waals surface area contributed by atoms with Gasteiger partial charge in [-0.25, -0.2) is 18.1 Å². The molecule has 0 saturated carbocycles. The van der Waals surface area contributed by atoms with E-state index >= 15 is 0 Å². The van der Waals surface area contributed by atoms with Gasteiger partial charge in [-0.3, -0.25) is 4.79 Å². The molecule has 8 heteroatoms. The number of rotatable bonds is 4. The van der Waals surface area contributed by atoms with Gasteiger partial charge in [0.15, 0.2) is 11.5 Å². The van der Waals surface area contributed by atoms with Gasteiger partial charge in [0.2, 0.25) is 10.0 Å². The molecule has 1 heterocycles. The summed E-state index contributed by atoms with van der Waals surface area (Å²) >= 11 is 0. The largest absolute Gasteiger partial charge is 0.441 e. The molecule has 0 aliphatic carbocycles. The van der Waals surface area contributed by atoms with Crippen LogP contribution in [0.25, 0.3) is 11.1 Å². The molecule has 0 atom stereocenters. The number of carbonyl (C=O) groups is 1. The number of hydrogen-bond donors (Lipinski definition) is 2. The Morgan fingerprint density at radius 1 is 1.07 bits per heavy atom. The zero-order valence-electron chi connectivity index (χ0n) is 15.5. The average Bonchev–Trinajstić information content (AvgIpc) is 2.92. The molecular weight excluding hydrogens is 366 g/mol.